The van der Waals surface area contributed by atoms with E-state index in [1.54, 1.807) is 11.3 Å². The zero-order chi connectivity index (χ0) is 15.5. The van der Waals surface area contributed by atoms with E-state index in [2.05, 4.69) is 21.0 Å². The van der Waals surface area contributed by atoms with Crippen molar-refractivity contribution in [3.8, 4) is 0 Å². The number of carbonyl (C=O) groups is 2. The first kappa shape index (κ1) is 15.3. The Labute approximate surface area is 133 Å². The van der Waals surface area contributed by atoms with Gasteiger partial charge in [-0.15, -0.1) is 11.3 Å². The van der Waals surface area contributed by atoms with E-state index in [9.17, 15) is 9.59 Å². The minimum Gasteiger partial charge on any atom is -0.481 e. The molecule has 7 heteroatoms. The van der Waals surface area contributed by atoms with Crippen LogP contribution in [-0.2, 0) is 11.3 Å². The molecule has 2 saturated carbocycles. The molecule has 1 aromatic heterocycles. The summed E-state index contributed by atoms with van der Waals surface area (Å²) in [5.41, 5.74) is 1.16. The van der Waals surface area contributed by atoms with Crippen LogP contribution in [0.5, 0.6) is 0 Å². The molecule has 22 heavy (non-hydrogen) atoms. The fourth-order valence-corrected chi connectivity index (χ4v) is 3.67. The number of urea groups is 1. The molecule has 1 heterocycles. The number of hydrogen-bond donors (Lipinski definition) is 3. The predicted molar refractivity (Wildman–Crippen MR) is 82.8 cm³/mol. The largest absolute Gasteiger partial charge is 0.481 e. The van der Waals surface area contributed by atoms with Gasteiger partial charge in [-0.2, -0.15) is 0 Å². The first-order chi connectivity index (χ1) is 10.6. The molecule has 6 nitrogen and oxygen atoms in total. The smallest absolute Gasteiger partial charge is 0.315 e. The summed E-state index contributed by atoms with van der Waals surface area (Å²) in [5.74, 6) is -0.335. The van der Waals surface area contributed by atoms with Crippen molar-refractivity contribution in [1.29, 1.82) is 0 Å². The van der Waals surface area contributed by atoms with Crippen molar-refractivity contribution in [2.24, 2.45) is 5.92 Å². The topological polar surface area (TPSA) is 91.3 Å². The van der Waals surface area contributed by atoms with Gasteiger partial charge in [0.2, 0.25) is 0 Å². The first-order valence-corrected chi connectivity index (χ1v) is 8.71. The molecule has 1 aromatic rings. The molecule has 0 atom stereocenters. The highest BCUT2D eigenvalue weighted by molar-refractivity contribution is 7.09. The van der Waals surface area contributed by atoms with Crippen molar-refractivity contribution in [3.05, 3.63) is 16.1 Å². The van der Waals surface area contributed by atoms with Gasteiger partial charge in [0.1, 0.15) is 5.01 Å². The van der Waals surface area contributed by atoms with E-state index in [0.717, 1.165) is 23.5 Å². The quantitative estimate of drug-likeness (QED) is 0.776. The molecule has 0 spiro atoms. The minimum atomic E-state index is -0.724. The van der Waals surface area contributed by atoms with Gasteiger partial charge in [0.15, 0.2) is 0 Å². The number of carbonyl (C=O) groups excluding carboxylic acids is 1. The number of nitrogens with one attached hydrogen (secondary N) is 2. The Hall–Kier alpha value is -1.63. The van der Waals surface area contributed by atoms with Crippen LogP contribution in [0.1, 0.15) is 55.1 Å². The summed E-state index contributed by atoms with van der Waals surface area (Å²) in [6.07, 6.45) is 5.20. The summed E-state index contributed by atoms with van der Waals surface area (Å²) >= 11 is 1.59. The Morgan fingerprint density at radius 2 is 1.95 bits per heavy atom. The van der Waals surface area contributed by atoms with Gasteiger partial charge >= 0.3 is 12.0 Å². The van der Waals surface area contributed by atoms with Crippen molar-refractivity contribution in [1.82, 2.24) is 15.6 Å². The fraction of sp³-hybridized carbons (Fsp3) is 0.667. The summed E-state index contributed by atoms with van der Waals surface area (Å²) in [7, 11) is 0. The molecule has 0 aromatic carbocycles. The predicted octanol–water partition coefficient (Wildman–Crippen LogP) is 2.46. The molecule has 2 aliphatic rings. The maximum absolute atomic E-state index is 11.9. The molecule has 3 N–H and O–H groups in total. The average molecular weight is 323 g/mol. The van der Waals surface area contributed by atoms with E-state index in [4.69, 9.17) is 5.11 Å². The van der Waals surface area contributed by atoms with Crippen molar-refractivity contribution in [2.75, 3.05) is 0 Å². The Morgan fingerprint density at radius 3 is 2.59 bits per heavy atom. The third-order valence-corrected chi connectivity index (χ3v) is 5.24. The summed E-state index contributed by atoms with van der Waals surface area (Å²) in [5, 5.41) is 17.7. The van der Waals surface area contributed by atoms with E-state index < -0.39 is 5.97 Å². The standard InChI is InChI=1S/C15H21N3O3S/c19-14(20)10-3-5-11(6-4-10)17-15(21)16-7-13-18-12(8-22-13)9-1-2-9/h8-11H,1-7H2,(H,19,20)(H2,16,17,21). The summed E-state index contributed by atoms with van der Waals surface area (Å²) in [6, 6.07) is -0.115. The van der Waals surface area contributed by atoms with Crippen molar-refractivity contribution >= 4 is 23.3 Å². The molecule has 2 aliphatic carbocycles. The minimum absolute atomic E-state index is 0.0777. The number of carboxylic acids is 1. The summed E-state index contributed by atoms with van der Waals surface area (Å²) in [6.45, 7) is 0.452. The lowest BCUT2D eigenvalue weighted by molar-refractivity contribution is -0.142. The number of carboxylic acid groups (broad SMARTS) is 1. The molecule has 3 rings (SSSR count). The van der Waals surface area contributed by atoms with Crippen LogP contribution in [0.4, 0.5) is 4.79 Å². The normalized spacial score (nSPS) is 24.7. The monoisotopic (exact) mass is 323 g/mol. The molecular formula is C15H21N3O3S. The van der Waals surface area contributed by atoms with Crippen molar-refractivity contribution < 1.29 is 14.7 Å². The van der Waals surface area contributed by atoms with Gasteiger partial charge in [0.25, 0.3) is 0 Å². The van der Waals surface area contributed by atoms with E-state index in [1.165, 1.54) is 12.8 Å². The summed E-state index contributed by atoms with van der Waals surface area (Å²) in [4.78, 5) is 27.3. The first-order valence-electron chi connectivity index (χ1n) is 7.83. The van der Waals surface area contributed by atoms with Crippen LogP contribution in [0.2, 0.25) is 0 Å². The highest BCUT2D eigenvalue weighted by Crippen LogP contribution is 2.40. The van der Waals surface area contributed by atoms with Crippen LogP contribution in [0.3, 0.4) is 0 Å². The van der Waals surface area contributed by atoms with E-state index in [1.807, 2.05) is 0 Å². The van der Waals surface area contributed by atoms with Crippen LogP contribution >= 0.6 is 11.3 Å². The Bertz CT molecular complexity index is 548. The number of aromatic nitrogens is 1. The number of nitrogens with zero attached hydrogens (tertiary/aromatic N) is 1. The Balaban J connectivity index is 1.38. The van der Waals surface area contributed by atoms with Gasteiger partial charge in [-0.25, -0.2) is 9.78 Å². The zero-order valence-corrected chi connectivity index (χ0v) is 13.2. The Morgan fingerprint density at radius 1 is 1.23 bits per heavy atom. The SMILES string of the molecule is O=C(NCc1nc(C2CC2)cs1)NC1CCC(C(=O)O)CC1. The van der Waals surface area contributed by atoms with E-state index >= 15 is 0 Å². The number of rotatable bonds is 5. The Kier molecular flexibility index (Phi) is 4.61. The molecule has 2 amide bonds. The molecule has 0 radical (unpaired) electrons. The fourth-order valence-electron chi connectivity index (χ4n) is 2.85. The second kappa shape index (κ2) is 6.64. The molecule has 0 bridgehead atoms. The molecule has 120 valence electrons. The number of aliphatic carboxylic acids is 1. The second-order valence-electron chi connectivity index (χ2n) is 6.15. The maximum Gasteiger partial charge on any atom is 0.315 e. The van der Waals surface area contributed by atoms with Crippen LogP contribution in [0.25, 0.3) is 0 Å². The van der Waals surface area contributed by atoms with Crippen LogP contribution in [-0.4, -0.2) is 28.1 Å². The van der Waals surface area contributed by atoms with Gasteiger partial charge in [-0.1, -0.05) is 0 Å². The number of amides is 2. The molecule has 0 unspecified atom stereocenters. The third kappa shape index (κ3) is 3.97. The summed E-state index contributed by atoms with van der Waals surface area (Å²) < 4.78 is 0. The average Bonchev–Trinajstić information content (AvgIpc) is 3.25. The molecule has 2 fully saturated rings. The molecule has 0 aliphatic heterocycles. The van der Waals surface area contributed by atoms with Crippen molar-refractivity contribution in [2.45, 2.75) is 57.0 Å². The van der Waals surface area contributed by atoms with Gasteiger partial charge in [-0.3, -0.25) is 4.79 Å². The highest BCUT2D eigenvalue weighted by atomic mass is 32.1. The number of thiazole rings is 1. The maximum atomic E-state index is 11.9. The van der Waals surface area contributed by atoms with Gasteiger partial charge in [0.05, 0.1) is 18.2 Å². The second-order valence-corrected chi connectivity index (χ2v) is 7.10. The van der Waals surface area contributed by atoms with E-state index in [-0.39, 0.29) is 18.0 Å². The van der Waals surface area contributed by atoms with Crippen LogP contribution in [0, 0.1) is 5.92 Å². The van der Waals surface area contributed by atoms with Gasteiger partial charge < -0.3 is 15.7 Å². The van der Waals surface area contributed by atoms with Crippen molar-refractivity contribution in [3.63, 3.8) is 0 Å². The lowest BCUT2D eigenvalue weighted by Crippen LogP contribution is -2.43. The van der Waals surface area contributed by atoms with E-state index in [0.29, 0.717) is 25.3 Å². The zero-order valence-electron chi connectivity index (χ0n) is 12.4. The highest BCUT2D eigenvalue weighted by Gasteiger charge is 2.27. The third-order valence-electron chi connectivity index (χ3n) is 4.38. The molecule has 0 saturated heterocycles. The van der Waals surface area contributed by atoms with Crippen LogP contribution in [0.15, 0.2) is 5.38 Å². The lowest BCUT2D eigenvalue weighted by atomic mass is 9.86. The lowest BCUT2D eigenvalue weighted by Gasteiger charge is -2.26. The number of hydrogen-bond acceptors (Lipinski definition) is 4. The van der Waals surface area contributed by atoms with Gasteiger partial charge in [-0.05, 0) is 38.5 Å². The van der Waals surface area contributed by atoms with Gasteiger partial charge in [0, 0.05) is 17.3 Å². The molecular weight excluding hydrogens is 302 g/mol. The van der Waals surface area contributed by atoms with Crippen LogP contribution < -0.4 is 10.6 Å².